The van der Waals surface area contributed by atoms with E-state index in [-0.39, 0.29) is 0 Å². The molecule has 0 spiro atoms. The molecule has 0 nitrogen and oxygen atoms in total. The minimum Gasteiger partial charge on any atom is -0.134 e. The molecule has 2 unspecified atom stereocenters. The van der Waals surface area contributed by atoms with E-state index < -0.39 is 0 Å². The predicted octanol–water partition coefficient (Wildman–Crippen LogP) is 4.00. The summed E-state index contributed by atoms with van der Waals surface area (Å²) in [7, 11) is 2.98. The second kappa shape index (κ2) is 8.53. The normalized spacial score (nSPS) is 13.4. The van der Waals surface area contributed by atoms with Gasteiger partial charge in [0.1, 0.15) is 0 Å². The Morgan fingerprint density at radius 1 is 0.909 bits per heavy atom. The topological polar surface area (TPSA) is 0 Å². The summed E-state index contributed by atoms with van der Waals surface area (Å²) in [4.78, 5) is 0. The monoisotopic (exact) mass is 174 g/mol. The zero-order chi connectivity index (χ0) is 8.53. The molecular formula is C10H23P. The molecule has 0 aromatic carbocycles. The summed E-state index contributed by atoms with van der Waals surface area (Å²) in [5.41, 5.74) is 0.890. The van der Waals surface area contributed by atoms with Crippen molar-refractivity contribution < 1.29 is 0 Å². The van der Waals surface area contributed by atoms with Crippen LogP contribution >= 0.6 is 9.24 Å². The van der Waals surface area contributed by atoms with Gasteiger partial charge in [-0.2, -0.15) is 0 Å². The maximum Gasteiger partial charge on any atom is -0.0264 e. The first-order chi connectivity index (χ1) is 5.31. The zero-order valence-electron chi connectivity index (χ0n) is 8.10. The van der Waals surface area contributed by atoms with Crippen LogP contribution in [-0.2, 0) is 0 Å². The standard InChI is InChI=1S/C10H23P/c1-3-5-7-9-10(11)8-6-4-2/h10H,3-9,11H2,1-2H3. The van der Waals surface area contributed by atoms with Gasteiger partial charge in [0.25, 0.3) is 0 Å². The summed E-state index contributed by atoms with van der Waals surface area (Å²) in [6, 6.07) is 0. The van der Waals surface area contributed by atoms with E-state index in [9.17, 15) is 0 Å². The first-order valence-corrected chi connectivity index (χ1v) is 5.73. The van der Waals surface area contributed by atoms with Crippen LogP contribution in [0.15, 0.2) is 0 Å². The van der Waals surface area contributed by atoms with Gasteiger partial charge >= 0.3 is 0 Å². The van der Waals surface area contributed by atoms with Crippen molar-refractivity contribution in [3.63, 3.8) is 0 Å². The third-order valence-corrected chi connectivity index (χ3v) is 2.77. The first-order valence-electron chi connectivity index (χ1n) is 5.06. The Morgan fingerprint density at radius 2 is 1.45 bits per heavy atom. The fourth-order valence-corrected chi connectivity index (χ4v) is 1.74. The van der Waals surface area contributed by atoms with Crippen molar-refractivity contribution in [1.82, 2.24) is 0 Å². The minimum atomic E-state index is 0.890. The highest BCUT2D eigenvalue weighted by molar-refractivity contribution is 7.17. The van der Waals surface area contributed by atoms with Crippen LogP contribution in [0, 0.1) is 0 Å². The zero-order valence-corrected chi connectivity index (χ0v) is 9.26. The third-order valence-electron chi connectivity index (χ3n) is 2.11. The highest BCUT2D eigenvalue weighted by Crippen LogP contribution is 2.17. The maximum absolute atomic E-state index is 2.98. The molecule has 0 rings (SSSR count). The fourth-order valence-electron chi connectivity index (χ4n) is 1.27. The molecule has 0 amide bonds. The van der Waals surface area contributed by atoms with Gasteiger partial charge in [0, 0.05) is 0 Å². The lowest BCUT2D eigenvalue weighted by Gasteiger charge is -2.08. The van der Waals surface area contributed by atoms with E-state index in [2.05, 4.69) is 23.1 Å². The molecule has 0 aliphatic heterocycles. The number of rotatable bonds is 7. The largest absolute Gasteiger partial charge is 0.134 e. The molecule has 0 fully saturated rings. The Labute approximate surface area is 74.4 Å². The molecule has 2 atom stereocenters. The van der Waals surface area contributed by atoms with Crippen LogP contribution in [-0.4, -0.2) is 5.66 Å². The Balaban J connectivity index is 3.02. The summed E-state index contributed by atoms with van der Waals surface area (Å²) in [5, 5.41) is 0. The average molecular weight is 174 g/mol. The number of hydrogen-bond acceptors (Lipinski definition) is 0. The number of unbranched alkanes of at least 4 members (excludes halogenated alkanes) is 3. The van der Waals surface area contributed by atoms with Crippen molar-refractivity contribution in [1.29, 1.82) is 0 Å². The van der Waals surface area contributed by atoms with Gasteiger partial charge in [-0.1, -0.05) is 46.0 Å². The van der Waals surface area contributed by atoms with Crippen LogP contribution in [0.1, 0.15) is 58.8 Å². The van der Waals surface area contributed by atoms with E-state index in [0.29, 0.717) is 0 Å². The molecule has 0 saturated carbocycles. The van der Waals surface area contributed by atoms with E-state index in [0.717, 1.165) is 5.66 Å². The fraction of sp³-hybridized carbons (Fsp3) is 1.00. The second-order valence-corrected chi connectivity index (χ2v) is 4.34. The molecule has 68 valence electrons. The van der Waals surface area contributed by atoms with E-state index >= 15 is 0 Å². The Morgan fingerprint density at radius 3 is 2.00 bits per heavy atom. The molecule has 0 aromatic rings. The van der Waals surface area contributed by atoms with E-state index in [1.807, 2.05) is 0 Å². The molecule has 1 heteroatoms. The lowest BCUT2D eigenvalue weighted by molar-refractivity contribution is 0.597. The lowest BCUT2D eigenvalue weighted by atomic mass is 10.1. The van der Waals surface area contributed by atoms with Crippen LogP contribution in [0.5, 0.6) is 0 Å². The smallest absolute Gasteiger partial charge is 0.0264 e. The quantitative estimate of drug-likeness (QED) is 0.404. The highest BCUT2D eigenvalue weighted by Gasteiger charge is 1.99. The molecule has 0 aliphatic carbocycles. The highest BCUT2D eigenvalue weighted by atomic mass is 31.0. The molecule has 0 N–H and O–H groups in total. The average Bonchev–Trinajstić information content (AvgIpc) is 2.01. The molecule has 0 bridgehead atoms. The number of hydrogen-bond donors (Lipinski definition) is 0. The summed E-state index contributed by atoms with van der Waals surface area (Å²) >= 11 is 0. The van der Waals surface area contributed by atoms with Gasteiger partial charge in [0.15, 0.2) is 0 Å². The molecule has 11 heavy (non-hydrogen) atoms. The summed E-state index contributed by atoms with van der Waals surface area (Å²) in [5.74, 6) is 0. The van der Waals surface area contributed by atoms with Gasteiger partial charge in [-0.05, 0) is 18.5 Å². The SMILES string of the molecule is CCCCCC(P)CCCC. The maximum atomic E-state index is 2.98. The van der Waals surface area contributed by atoms with Crippen molar-refractivity contribution in [3.8, 4) is 0 Å². The van der Waals surface area contributed by atoms with Gasteiger partial charge < -0.3 is 0 Å². The van der Waals surface area contributed by atoms with Crippen LogP contribution in [0.3, 0.4) is 0 Å². The van der Waals surface area contributed by atoms with E-state index in [1.54, 1.807) is 0 Å². The second-order valence-electron chi connectivity index (χ2n) is 3.40. The van der Waals surface area contributed by atoms with E-state index in [1.165, 1.54) is 44.9 Å². The van der Waals surface area contributed by atoms with Crippen LogP contribution in [0.25, 0.3) is 0 Å². The van der Waals surface area contributed by atoms with Crippen LogP contribution < -0.4 is 0 Å². The lowest BCUT2D eigenvalue weighted by Crippen LogP contribution is -1.96. The molecule has 0 heterocycles. The Hall–Kier alpha value is 0.430. The first kappa shape index (κ1) is 11.4. The summed E-state index contributed by atoms with van der Waals surface area (Å²) in [6.45, 7) is 4.54. The molecule has 0 aliphatic rings. The summed E-state index contributed by atoms with van der Waals surface area (Å²) < 4.78 is 0. The van der Waals surface area contributed by atoms with Crippen molar-refractivity contribution in [3.05, 3.63) is 0 Å². The predicted molar refractivity (Wildman–Crippen MR) is 57.2 cm³/mol. The third kappa shape index (κ3) is 8.34. The minimum absolute atomic E-state index is 0.890. The molecular weight excluding hydrogens is 151 g/mol. The van der Waals surface area contributed by atoms with Gasteiger partial charge in [-0.25, -0.2) is 0 Å². The van der Waals surface area contributed by atoms with Crippen molar-refractivity contribution in [2.24, 2.45) is 0 Å². The van der Waals surface area contributed by atoms with Crippen molar-refractivity contribution >= 4 is 9.24 Å². The Bertz CT molecular complexity index is 71.3. The van der Waals surface area contributed by atoms with E-state index in [4.69, 9.17) is 0 Å². The van der Waals surface area contributed by atoms with Crippen LogP contribution in [0.2, 0.25) is 0 Å². The Kier molecular flexibility index (Phi) is 8.86. The molecule has 0 saturated heterocycles. The summed E-state index contributed by atoms with van der Waals surface area (Å²) in [6.07, 6.45) is 9.76. The van der Waals surface area contributed by atoms with Gasteiger partial charge in [-0.15, -0.1) is 9.24 Å². The van der Waals surface area contributed by atoms with Crippen molar-refractivity contribution in [2.75, 3.05) is 0 Å². The van der Waals surface area contributed by atoms with Gasteiger partial charge in [-0.3, -0.25) is 0 Å². The van der Waals surface area contributed by atoms with Crippen molar-refractivity contribution in [2.45, 2.75) is 64.5 Å². The van der Waals surface area contributed by atoms with Crippen LogP contribution in [0.4, 0.5) is 0 Å². The molecule has 0 radical (unpaired) electrons. The van der Waals surface area contributed by atoms with Gasteiger partial charge in [0.05, 0.1) is 0 Å². The van der Waals surface area contributed by atoms with Gasteiger partial charge in [0.2, 0.25) is 0 Å². The molecule has 0 aromatic heterocycles.